The second-order valence-corrected chi connectivity index (χ2v) is 21.7. The van der Waals surface area contributed by atoms with Gasteiger partial charge in [-0.2, -0.15) is 0 Å². The van der Waals surface area contributed by atoms with Gasteiger partial charge in [0, 0.05) is 34.7 Å². The molecule has 10 nitrogen and oxygen atoms in total. The number of aliphatic hydroxyl groups excluding tert-OH is 1. The SMILES string of the molecule is COc1ccc([Si](C)(C)[C@@H]2[C@@H](CC(=O)N(CCO)Cc3ccccc3)O[C@]3(C(=O)N(Cc4cccc(N5C(=O)COc6ccccc65)c4)c4ccc(Br)cc43)[C@H]2C)cc1. The van der Waals surface area contributed by atoms with Crippen LogP contribution in [-0.4, -0.2) is 68.8 Å². The van der Waals surface area contributed by atoms with Crippen LogP contribution in [0.15, 0.2) is 126 Å². The monoisotopic (exact) mass is 873 g/mol. The summed E-state index contributed by atoms with van der Waals surface area (Å²) in [5, 5.41) is 11.2. The lowest BCUT2D eigenvalue weighted by atomic mass is 9.82. The number of carbonyl (C=O) groups is 3. The fourth-order valence-corrected chi connectivity index (χ4v) is 13.9. The van der Waals surface area contributed by atoms with Crippen molar-refractivity contribution in [2.75, 3.05) is 36.7 Å². The smallest absolute Gasteiger partial charge is 0.269 e. The number of para-hydroxylation sites is 2. The molecule has 1 saturated heterocycles. The van der Waals surface area contributed by atoms with Gasteiger partial charge in [0.05, 0.1) is 52.2 Å². The van der Waals surface area contributed by atoms with Gasteiger partial charge in [-0.05, 0) is 71.3 Å². The summed E-state index contributed by atoms with van der Waals surface area (Å²) in [6, 6.07) is 38.9. The van der Waals surface area contributed by atoms with Crippen LogP contribution in [0, 0.1) is 5.92 Å². The molecule has 1 N–H and O–H groups in total. The number of aliphatic hydroxyl groups is 1. The number of nitrogens with zero attached hydrogens (tertiary/aromatic N) is 3. The van der Waals surface area contributed by atoms with Gasteiger partial charge in [0.25, 0.3) is 11.8 Å². The minimum Gasteiger partial charge on any atom is -0.497 e. The highest BCUT2D eigenvalue weighted by Gasteiger charge is 2.66. The van der Waals surface area contributed by atoms with E-state index in [0.29, 0.717) is 23.7 Å². The van der Waals surface area contributed by atoms with Crippen LogP contribution in [0.5, 0.6) is 11.5 Å². The molecule has 3 heterocycles. The summed E-state index contributed by atoms with van der Waals surface area (Å²) in [6.07, 6.45) is -0.561. The maximum absolute atomic E-state index is 15.5. The Labute approximate surface area is 354 Å². The third-order valence-electron chi connectivity index (χ3n) is 12.3. The molecule has 3 aliphatic rings. The van der Waals surface area contributed by atoms with Crippen LogP contribution >= 0.6 is 15.9 Å². The zero-order valence-electron chi connectivity index (χ0n) is 33.6. The van der Waals surface area contributed by atoms with Gasteiger partial charge >= 0.3 is 0 Å². The number of fused-ring (bicyclic) bond motifs is 3. The van der Waals surface area contributed by atoms with Crippen molar-refractivity contribution >= 4 is 64.0 Å². The molecule has 0 aromatic heterocycles. The van der Waals surface area contributed by atoms with E-state index in [1.807, 2.05) is 109 Å². The van der Waals surface area contributed by atoms with E-state index in [1.165, 1.54) is 0 Å². The number of rotatable bonds is 12. The Balaban J connectivity index is 1.17. The van der Waals surface area contributed by atoms with E-state index in [1.54, 1.807) is 21.8 Å². The molecule has 0 radical (unpaired) electrons. The van der Waals surface area contributed by atoms with Gasteiger partial charge < -0.3 is 29.1 Å². The quantitative estimate of drug-likeness (QED) is 0.128. The number of anilines is 3. The summed E-state index contributed by atoms with van der Waals surface area (Å²) in [5.41, 5.74) is 3.08. The summed E-state index contributed by atoms with van der Waals surface area (Å²) in [7, 11) is -0.903. The number of carbonyl (C=O) groups excluding carboxylic acids is 3. The van der Waals surface area contributed by atoms with Crippen molar-refractivity contribution in [2.45, 2.75) is 56.8 Å². The van der Waals surface area contributed by atoms with Crippen molar-refractivity contribution in [3.8, 4) is 11.5 Å². The molecule has 8 rings (SSSR count). The lowest BCUT2D eigenvalue weighted by Gasteiger charge is -2.37. The first kappa shape index (κ1) is 40.5. The molecule has 3 amide bonds. The van der Waals surface area contributed by atoms with Crippen LogP contribution in [0.2, 0.25) is 18.6 Å². The van der Waals surface area contributed by atoms with Gasteiger partial charge in [0.2, 0.25) is 5.91 Å². The van der Waals surface area contributed by atoms with Crippen LogP contribution in [0.3, 0.4) is 0 Å². The van der Waals surface area contributed by atoms with Crippen molar-refractivity contribution in [3.05, 3.63) is 142 Å². The van der Waals surface area contributed by atoms with E-state index < -0.39 is 19.8 Å². The number of ether oxygens (including phenoxy) is 3. The number of amides is 3. The Hall–Kier alpha value is -5.27. The highest BCUT2D eigenvalue weighted by atomic mass is 79.9. The minimum atomic E-state index is -2.55. The molecule has 1 spiro atoms. The largest absolute Gasteiger partial charge is 0.497 e. The Bertz CT molecular complexity index is 2380. The van der Waals surface area contributed by atoms with Crippen LogP contribution in [0.1, 0.15) is 30.0 Å². The van der Waals surface area contributed by atoms with Gasteiger partial charge in [0.1, 0.15) is 11.5 Å². The van der Waals surface area contributed by atoms with Crippen molar-refractivity contribution in [2.24, 2.45) is 5.92 Å². The zero-order chi connectivity index (χ0) is 41.5. The third kappa shape index (κ3) is 7.37. The standard InChI is InChI=1S/C47H48BrN3O7Si/c1-31-45(59(3,4)37-20-18-36(56-2)19-21-37)42(27-43(53)49(23-24-52)28-32-11-6-5-7-12-32)58-47(31)38-26-34(48)17-22-39(38)50(46(47)55)29-33-13-10-14-35(25-33)51-40-15-8-9-16-41(40)57-30-44(51)54/h5-22,25-26,31,42,45,52H,23-24,27-30H2,1-4H3/t31-,42+,45-,47+/m0/s1. The molecule has 0 aliphatic carbocycles. The van der Waals surface area contributed by atoms with Crippen molar-refractivity contribution in [3.63, 3.8) is 0 Å². The second-order valence-electron chi connectivity index (χ2n) is 16.1. The molecule has 5 aromatic carbocycles. The first-order valence-electron chi connectivity index (χ1n) is 20.0. The van der Waals surface area contributed by atoms with Crippen LogP contribution in [0.4, 0.5) is 17.1 Å². The van der Waals surface area contributed by atoms with Gasteiger partial charge in [-0.15, -0.1) is 0 Å². The number of benzene rings is 5. The Morgan fingerprint density at radius 3 is 2.39 bits per heavy atom. The molecule has 5 aromatic rings. The van der Waals surface area contributed by atoms with E-state index in [4.69, 9.17) is 14.2 Å². The highest BCUT2D eigenvalue weighted by Crippen LogP contribution is 2.60. The summed E-state index contributed by atoms with van der Waals surface area (Å²) in [5.74, 6) is 0.539. The summed E-state index contributed by atoms with van der Waals surface area (Å²) in [4.78, 5) is 48.3. The number of hydrogen-bond donors (Lipinski definition) is 1. The predicted molar refractivity (Wildman–Crippen MR) is 234 cm³/mol. The van der Waals surface area contributed by atoms with E-state index in [9.17, 15) is 14.7 Å². The average Bonchev–Trinajstić information content (AvgIpc) is 3.66. The Kier molecular flexibility index (Phi) is 11.3. The number of halogens is 1. The predicted octanol–water partition coefficient (Wildman–Crippen LogP) is 7.69. The van der Waals surface area contributed by atoms with Crippen LogP contribution in [0.25, 0.3) is 0 Å². The number of hydrogen-bond acceptors (Lipinski definition) is 7. The topological polar surface area (TPSA) is 109 Å². The normalized spacial score (nSPS) is 21.0. The molecule has 12 heteroatoms. The molecule has 1 fully saturated rings. The summed E-state index contributed by atoms with van der Waals surface area (Å²) < 4.78 is 19.3. The van der Waals surface area contributed by atoms with Crippen molar-refractivity contribution in [1.82, 2.24) is 4.90 Å². The van der Waals surface area contributed by atoms with Crippen molar-refractivity contribution in [1.29, 1.82) is 0 Å². The Morgan fingerprint density at radius 2 is 1.64 bits per heavy atom. The molecule has 4 atom stereocenters. The van der Waals surface area contributed by atoms with Gasteiger partial charge in [0.15, 0.2) is 12.2 Å². The van der Waals surface area contributed by atoms with E-state index in [0.717, 1.165) is 37.8 Å². The fraction of sp³-hybridized carbons (Fsp3) is 0.298. The van der Waals surface area contributed by atoms with E-state index in [2.05, 4.69) is 48.1 Å². The second kappa shape index (κ2) is 16.4. The van der Waals surface area contributed by atoms with Gasteiger partial charge in [-0.25, -0.2) is 0 Å². The van der Waals surface area contributed by atoms with E-state index in [-0.39, 0.29) is 61.9 Å². The molecule has 3 aliphatic heterocycles. The molecule has 304 valence electrons. The maximum Gasteiger partial charge on any atom is 0.269 e. The fourth-order valence-electron chi connectivity index (χ4n) is 9.52. The van der Waals surface area contributed by atoms with Crippen LogP contribution in [-0.2, 0) is 37.8 Å². The number of methoxy groups -OCH3 is 1. The Morgan fingerprint density at radius 1 is 0.915 bits per heavy atom. The average molecular weight is 875 g/mol. The van der Waals surface area contributed by atoms with E-state index >= 15 is 4.79 Å². The maximum atomic E-state index is 15.5. The van der Waals surface area contributed by atoms with Crippen molar-refractivity contribution < 1.29 is 33.7 Å². The van der Waals surface area contributed by atoms with Gasteiger partial charge in [-0.1, -0.05) is 108 Å². The zero-order valence-corrected chi connectivity index (χ0v) is 36.2. The lowest BCUT2D eigenvalue weighted by Crippen LogP contribution is -2.52. The molecular weight excluding hydrogens is 827 g/mol. The first-order valence-corrected chi connectivity index (χ1v) is 23.8. The summed E-state index contributed by atoms with van der Waals surface area (Å²) in [6.45, 7) is 7.20. The highest BCUT2D eigenvalue weighted by molar-refractivity contribution is 9.10. The lowest BCUT2D eigenvalue weighted by molar-refractivity contribution is -0.150. The first-order chi connectivity index (χ1) is 28.5. The minimum absolute atomic E-state index is 0.0455. The summed E-state index contributed by atoms with van der Waals surface area (Å²) >= 11 is 3.70. The molecule has 0 unspecified atom stereocenters. The van der Waals surface area contributed by atoms with Crippen LogP contribution < -0.4 is 24.5 Å². The molecule has 0 saturated carbocycles. The molecular formula is C47H48BrN3O7Si. The molecule has 59 heavy (non-hydrogen) atoms. The van der Waals surface area contributed by atoms with Gasteiger partial charge in [-0.3, -0.25) is 19.3 Å². The third-order valence-corrected chi connectivity index (χ3v) is 17.2. The molecule has 0 bridgehead atoms.